The molecule has 0 atom stereocenters. The van der Waals surface area contributed by atoms with Crippen molar-refractivity contribution >= 4 is 6.01 Å². The summed E-state index contributed by atoms with van der Waals surface area (Å²) in [6, 6.07) is 4.30. The van der Waals surface area contributed by atoms with Crippen LogP contribution < -0.4 is 5.32 Å². The molecular weight excluding hydrogens is 216 g/mol. The summed E-state index contributed by atoms with van der Waals surface area (Å²) in [5.74, 6) is 1.04. The standard InChI is InChI=1S/C12H16N4O/c1-8(2)7-14-12-15-11(16-17-12)10-6-9(3)4-5-13-10/h4-6,8H,7H2,1-3H3,(H,14,15,16). The number of rotatable bonds is 4. The van der Waals surface area contributed by atoms with E-state index in [2.05, 4.69) is 34.3 Å². The summed E-state index contributed by atoms with van der Waals surface area (Å²) >= 11 is 0. The highest BCUT2D eigenvalue weighted by molar-refractivity contribution is 5.50. The van der Waals surface area contributed by atoms with E-state index >= 15 is 0 Å². The number of aryl methyl sites for hydroxylation is 1. The van der Waals surface area contributed by atoms with Crippen molar-refractivity contribution in [2.45, 2.75) is 20.8 Å². The highest BCUT2D eigenvalue weighted by Crippen LogP contribution is 2.16. The van der Waals surface area contributed by atoms with Crippen molar-refractivity contribution in [2.75, 3.05) is 11.9 Å². The van der Waals surface area contributed by atoms with Gasteiger partial charge >= 0.3 is 6.01 Å². The number of nitrogens with one attached hydrogen (secondary N) is 1. The van der Waals surface area contributed by atoms with E-state index in [0.717, 1.165) is 17.8 Å². The third-order valence-electron chi connectivity index (χ3n) is 2.23. The van der Waals surface area contributed by atoms with Crippen LogP contribution in [-0.2, 0) is 0 Å². The molecule has 0 saturated heterocycles. The Morgan fingerprint density at radius 3 is 2.94 bits per heavy atom. The zero-order chi connectivity index (χ0) is 12.3. The Bertz CT molecular complexity index is 493. The van der Waals surface area contributed by atoms with Gasteiger partial charge in [0.05, 0.1) is 0 Å². The fourth-order valence-electron chi connectivity index (χ4n) is 1.35. The average molecular weight is 232 g/mol. The molecule has 0 radical (unpaired) electrons. The lowest BCUT2D eigenvalue weighted by atomic mass is 10.2. The maximum atomic E-state index is 5.10. The zero-order valence-corrected chi connectivity index (χ0v) is 10.3. The Morgan fingerprint density at radius 2 is 2.24 bits per heavy atom. The second-order valence-corrected chi connectivity index (χ2v) is 4.42. The minimum Gasteiger partial charge on any atom is -0.337 e. The monoisotopic (exact) mass is 232 g/mol. The van der Waals surface area contributed by atoms with Crippen LogP contribution in [0.5, 0.6) is 0 Å². The van der Waals surface area contributed by atoms with Crippen LogP contribution >= 0.6 is 0 Å². The van der Waals surface area contributed by atoms with Crippen molar-refractivity contribution in [3.05, 3.63) is 23.9 Å². The molecule has 0 spiro atoms. The average Bonchev–Trinajstić information content (AvgIpc) is 2.75. The highest BCUT2D eigenvalue weighted by atomic mass is 16.5. The predicted molar refractivity (Wildman–Crippen MR) is 65.6 cm³/mol. The van der Waals surface area contributed by atoms with E-state index in [1.807, 2.05) is 19.1 Å². The molecule has 0 bridgehead atoms. The van der Waals surface area contributed by atoms with Crippen molar-refractivity contribution < 1.29 is 4.52 Å². The van der Waals surface area contributed by atoms with Crippen LogP contribution in [0.25, 0.3) is 11.5 Å². The lowest BCUT2D eigenvalue weighted by Crippen LogP contribution is -2.07. The van der Waals surface area contributed by atoms with Crippen LogP contribution in [0.2, 0.25) is 0 Å². The van der Waals surface area contributed by atoms with Gasteiger partial charge in [-0.2, -0.15) is 4.98 Å². The summed E-state index contributed by atoms with van der Waals surface area (Å²) in [5, 5.41) is 6.98. The van der Waals surface area contributed by atoms with Gasteiger partial charge in [0.2, 0.25) is 5.82 Å². The maximum absolute atomic E-state index is 5.10. The molecular formula is C12H16N4O. The normalized spacial score (nSPS) is 10.8. The van der Waals surface area contributed by atoms with E-state index in [9.17, 15) is 0 Å². The molecule has 2 heterocycles. The Kier molecular flexibility index (Phi) is 3.37. The van der Waals surface area contributed by atoms with Crippen LogP contribution in [0.3, 0.4) is 0 Å². The summed E-state index contributed by atoms with van der Waals surface area (Å²) in [5.41, 5.74) is 1.85. The molecule has 17 heavy (non-hydrogen) atoms. The topological polar surface area (TPSA) is 63.8 Å². The quantitative estimate of drug-likeness (QED) is 0.877. The second-order valence-electron chi connectivity index (χ2n) is 4.42. The fraction of sp³-hybridized carbons (Fsp3) is 0.417. The van der Waals surface area contributed by atoms with E-state index in [1.165, 1.54) is 0 Å². The van der Waals surface area contributed by atoms with Gasteiger partial charge < -0.3 is 9.84 Å². The Labute approximate surface area is 100 Å². The van der Waals surface area contributed by atoms with Gasteiger partial charge in [0.25, 0.3) is 0 Å². The smallest absolute Gasteiger partial charge is 0.321 e. The molecule has 0 saturated carbocycles. The van der Waals surface area contributed by atoms with Gasteiger partial charge in [-0.25, -0.2) is 0 Å². The number of nitrogens with zero attached hydrogens (tertiary/aromatic N) is 3. The third kappa shape index (κ3) is 3.03. The molecule has 0 aliphatic carbocycles. The first-order chi connectivity index (χ1) is 8.15. The maximum Gasteiger partial charge on any atom is 0.321 e. The molecule has 90 valence electrons. The lowest BCUT2D eigenvalue weighted by Gasteiger charge is -2.02. The molecule has 1 N–H and O–H groups in total. The first-order valence-electron chi connectivity index (χ1n) is 5.66. The van der Waals surface area contributed by atoms with E-state index in [-0.39, 0.29) is 0 Å². The number of hydrogen-bond acceptors (Lipinski definition) is 5. The van der Waals surface area contributed by atoms with Crippen molar-refractivity contribution in [1.82, 2.24) is 15.1 Å². The summed E-state index contributed by atoms with van der Waals surface area (Å²) in [7, 11) is 0. The molecule has 2 aromatic heterocycles. The van der Waals surface area contributed by atoms with Crippen LogP contribution in [-0.4, -0.2) is 21.7 Å². The van der Waals surface area contributed by atoms with Gasteiger partial charge in [-0.3, -0.25) is 4.98 Å². The second kappa shape index (κ2) is 4.95. The summed E-state index contributed by atoms with van der Waals surface area (Å²) < 4.78 is 5.10. The predicted octanol–water partition coefficient (Wildman–Crippen LogP) is 2.51. The summed E-state index contributed by atoms with van der Waals surface area (Å²) in [6.45, 7) is 7.05. The van der Waals surface area contributed by atoms with E-state index in [4.69, 9.17) is 4.52 Å². The number of pyridine rings is 1. The summed E-state index contributed by atoms with van der Waals surface area (Å²) in [4.78, 5) is 8.45. The molecule has 0 amide bonds. The molecule has 0 aliphatic rings. The molecule has 5 heteroatoms. The molecule has 5 nitrogen and oxygen atoms in total. The van der Waals surface area contributed by atoms with Gasteiger partial charge in [-0.1, -0.05) is 19.0 Å². The summed E-state index contributed by atoms with van der Waals surface area (Å²) in [6.07, 6.45) is 1.74. The lowest BCUT2D eigenvalue weighted by molar-refractivity contribution is 0.429. The zero-order valence-electron chi connectivity index (χ0n) is 10.3. The van der Waals surface area contributed by atoms with Gasteiger partial charge in [0.15, 0.2) is 0 Å². The van der Waals surface area contributed by atoms with Gasteiger partial charge in [-0.05, 0) is 30.5 Å². The molecule has 2 rings (SSSR count). The Balaban J connectivity index is 2.12. The van der Waals surface area contributed by atoms with Crippen LogP contribution in [0, 0.1) is 12.8 Å². The molecule has 2 aromatic rings. The first kappa shape index (κ1) is 11.6. The van der Waals surface area contributed by atoms with Crippen molar-refractivity contribution in [1.29, 1.82) is 0 Å². The van der Waals surface area contributed by atoms with Crippen LogP contribution in [0.1, 0.15) is 19.4 Å². The van der Waals surface area contributed by atoms with Crippen LogP contribution in [0.4, 0.5) is 6.01 Å². The number of anilines is 1. The van der Waals surface area contributed by atoms with E-state index in [0.29, 0.717) is 17.8 Å². The highest BCUT2D eigenvalue weighted by Gasteiger charge is 2.09. The van der Waals surface area contributed by atoms with Gasteiger partial charge in [-0.15, -0.1) is 0 Å². The van der Waals surface area contributed by atoms with Crippen molar-refractivity contribution in [2.24, 2.45) is 5.92 Å². The molecule has 0 aliphatic heterocycles. The number of hydrogen-bond donors (Lipinski definition) is 1. The molecule has 0 unspecified atom stereocenters. The minimum absolute atomic E-state index is 0.442. The molecule has 0 fully saturated rings. The first-order valence-corrected chi connectivity index (χ1v) is 5.66. The fourth-order valence-corrected chi connectivity index (χ4v) is 1.35. The third-order valence-corrected chi connectivity index (χ3v) is 2.23. The van der Waals surface area contributed by atoms with Crippen molar-refractivity contribution in [3.8, 4) is 11.5 Å². The van der Waals surface area contributed by atoms with Crippen LogP contribution in [0.15, 0.2) is 22.9 Å². The minimum atomic E-state index is 0.442. The van der Waals surface area contributed by atoms with E-state index in [1.54, 1.807) is 6.20 Å². The largest absolute Gasteiger partial charge is 0.337 e. The van der Waals surface area contributed by atoms with Gasteiger partial charge in [0.1, 0.15) is 5.69 Å². The Morgan fingerprint density at radius 1 is 1.41 bits per heavy atom. The van der Waals surface area contributed by atoms with Crippen molar-refractivity contribution in [3.63, 3.8) is 0 Å². The molecule has 0 aromatic carbocycles. The number of aromatic nitrogens is 3. The Hall–Kier alpha value is -1.91. The SMILES string of the molecule is Cc1ccnc(-c2noc(NCC(C)C)n2)c1. The van der Waals surface area contributed by atoms with Gasteiger partial charge in [0, 0.05) is 12.7 Å². The van der Waals surface area contributed by atoms with E-state index < -0.39 is 0 Å².